The lowest BCUT2D eigenvalue weighted by molar-refractivity contribution is -0.139. The molecular formula is C12H14N2O4. The van der Waals surface area contributed by atoms with Crippen molar-refractivity contribution in [2.45, 2.75) is 13.3 Å². The third-order valence-corrected chi connectivity index (χ3v) is 3.93. The van der Waals surface area contributed by atoms with Gasteiger partial charge in [0.1, 0.15) is 5.76 Å². The molecule has 1 unspecified atom stereocenters. The summed E-state index contributed by atoms with van der Waals surface area (Å²) in [6, 6.07) is 0. The van der Waals surface area contributed by atoms with Crippen LogP contribution in [0.15, 0.2) is 10.8 Å². The molecule has 1 aliphatic heterocycles. The number of aromatic nitrogens is 1. The van der Waals surface area contributed by atoms with Crippen molar-refractivity contribution in [3.63, 3.8) is 0 Å². The normalized spacial score (nSPS) is 29.2. The number of carboxylic acid groups (broad SMARTS) is 1. The third-order valence-electron chi connectivity index (χ3n) is 3.93. The molecule has 1 saturated carbocycles. The van der Waals surface area contributed by atoms with Crippen LogP contribution in [0.3, 0.4) is 0 Å². The van der Waals surface area contributed by atoms with E-state index in [1.807, 2.05) is 6.92 Å². The standard InChI is InChI=1S/C12H14N2O4/c1-2-8-10(13-5-18-8)11(15)14-3-6-7(4-14)9(6)12(16)17/h5-7,9H,2-4H2,1H3,(H,16,17)/t6-,7+,9?. The first-order chi connectivity index (χ1) is 8.63. The first-order valence-electron chi connectivity index (χ1n) is 6.08. The van der Waals surface area contributed by atoms with Crippen LogP contribution < -0.4 is 0 Å². The SMILES string of the molecule is CCc1ocnc1C(=O)N1C[C@@H]2C(C(=O)O)[C@@H]2C1. The summed E-state index contributed by atoms with van der Waals surface area (Å²) in [5, 5.41) is 8.92. The second kappa shape index (κ2) is 3.83. The molecular weight excluding hydrogens is 236 g/mol. The van der Waals surface area contributed by atoms with Crippen LogP contribution in [0.5, 0.6) is 0 Å². The molecule has 1 amide bonds. The van der Waals surface area contributed by atoms with Crippen LogP contribution in [-0.2, 0) is 11.2 Å². The van der Waals surface area contributed by atoms with E-state index < -0.39 is 5.97 Å². The highest BCUT2D eigenvalue weighted by Gasteiger charge is 2.60. The van der Waals surface area contributed by atoms with Crippen LogP contribution in [-0.4, -0.2) is 40.0 Å². The molecule has 1 aromatic rings. The number of nitrogens with zero attached hydrogens (tertiary/aromatic N) is 2. The van der Waals surface area contributed by atoms with Gasteiger partial charge in [0.25, 0.3) is 5.91 Å². The van der Waals surface area contributed by atoms with Gasteiger partial charge in [-0.05, 0) is 11.8 Å². The van der Waals surface area contributed by atoms with Gasteiger partial charge in [-0.3, -0.25) is 9.59 Å². The van der Waals surface area contributed by atoms with Crippen LogP contribution in [0, 0.1) is 17.8 Å². The summed E-state index contributed by atoms with van der Waals surface area (Å²) in [4.78, 5) is 28.7. The Morgan fingerprint density at radius 3 is 2.72 bits per heavy atom. The second-order valence-corrected chi connectivity index (χ2v) is 4.88. The van der Waals surface area contributed by atoms with E-state index in [0.29, 0.717) is 31.0 Å². The highest BCUT2D eigenvalue weighted by atomic mass is 16.4. The molecule has 0 radical (unpaired) electrons. The quantitative estimate of drug-likeness (QED) is 0.851. The number of piperidine rings is 1. The summed E-state index contributed by atoms with van der Waals surface area (Å²) in [5.74, 6) is -0.288. The Kier molecular flexibility index (Phi) is 2.39. The lowest BCUT2D eigenvalue weighted by Gasteiger charge is -2.18. The largest absolute Gasteiger partial charge is 0.481 e. The van der Waals surface area contributed by atoms with E-state index in [2.05, 4.69) is 4.98 Å². The maximum Gasteiger partial charge on any atom is 0.307 e. The van der Waals surface area contributed by atoms with Gasteiger partial charge in [0, 0.05) is 19.5 Å². The number of carbonyl (C=O) groups is 2. The van der Waals surface area contributed by atoms with Crippen LogP contribution in [0.4, 0.5) is 0 Å². The van der Waals surface area contributed by atoms with Crippen LogP contribution in [0.1, 0.15) is 23.2 Å². The average Bonchev–Trinajstić information content (AvgIpc) is 2.76. The number of amides is 1. The predicted octanol–water partition coefficient (Wildman–Crippen LogP) is 0.640. The van der Waals surface area contributed by atoms with E-state index >= 15 is 0 Å². The van der Waals surface area contributed by atoms with Gasteiger partial charge >= 0.3 is 5.97 Å². The van der Waals surface area contributed by atoms with E-state index in [9.17, 15) is 9.59 Å². The summed E-state index contributed by atoms with van der Waals surface area (Å²) in [7, 11) is 0. The number of rotatable bonds is 3. The van der Waals surface area contributed by atoms with E-state index in [1.54, 1.807) is 4.90 Å². The summed E-state index contributed by atoms with van der Waals surface area (Å²) in [6.07, 6.45) is 1.91. The van der Waals surface area contributed by atoms with E-state index in [4.69, 9.17) is 9.52 Å². The zero-order valence-corrected chi connectivity index (χ0v) is 10.00. The lowest BCUT2D eigenvalue weighted by Crippen LogP contribution is -2.33. The Hall–Kier alpha value is -1.85. The van der Waals surface area contributed by atoms with Gasteiger partial charge in [0.2, 0.25) is 0 Å². The minimum atomic E-state index is -0.743. The molecule has 2 heterocycles. The Morgan fingerprint density at radius 2 is 2.17 bits per heavy atom. The Labute approximate surface area is 104 Å². The van der Waals surface area contributed by atoms with Crippen molar-refractivity contribution < 1.29 is 19.1 Å². The number of likely N-dealkylation sites (tertiary alicyclic amines) is 1. The number of oxazole rings is 1. The van der Waals surface area contributed by atoms with Gasteiger partial charge in [-0.15, -0.1) is 0 Å². The number of hydrogen-bond acceptors (Lipinski definition) is 4. The number of carbonyl (C=O) groups excluding carboxylic acids is 1. The zero-order valence-electron chi connectivity index (χ0n) is 10.00. The van der Waals surface area contributed by atoms with Gasteiger partial charge in [-0.25, -0.2) is 4.98 Å². The van der Waals surface area contributed by atoms with E-state index in [0.717, 1.165) is 0 Å². The minimum Gasteiger partial charge on any atom is -0.481 e. The molecule has 2 aliphatic rings. The molecule has 3 rings (SSSR count). The highest BCUT2D eigenvalue weighted by Crippen LogP contribution is 2.51. The molecule has 6 nitrogen and oxygen atoms in total. The fourth-order valence-electron chi connectivity index (χ4n) is 2.90. The van der Waals surface area contributed by atoms with Gasteiger partial charge in [0.05, 0.1) is 5.92 Å². The van der Waals surface area contributed by atoms with Crippen LogP contribution in [0.2, 0.25) is 0 Å². The van der Waals surface area contributed by atoms with Gasteiger partial charge in [-0.1, -0.05) is 6.92 Å². The monoisotopic (exact) mass is 250 g/mol. The molecule has 0 spiro atoms. The Balaban J connectivity index is 1.69. The van der Waals surface area contributed by atoms with Crippen molar-refractivity contribution in [1.82, 2.24) is 9.88 Å². The topological polar surface area (TPSA) is 83.6 Å². The average molecular weight is 250 g/mol. The third kappa shape index (κ3) is 1.52. The first-order valence-corrected chi connectivity index (χ1v) is 6.08. The molecule has 2 fully saturated rings. The first kappa shape index (κ1) is 11.3. The summed E-state index contributed by atoms with van der Waals surface area (Å²) >= 11 is 0. The summed E-state index contributed by atoms with van der Waals surface area (Å²) in [5.41, 5.74) is 0.366. The molecule has 1 N–H and O–H groups in total. The fraction of sp³-hybridized carbons (Fsp3) is 0.583. The number of hydrogen-bond donors (Lipinski definition) is 1. The Bertz CT molecular complexity index is 498. The number of aliphatic carboxylic acids is 1. The lowest BCUT2D eigenvalue weighted by atomic mass is 10.2. The molecule has 1 aliphatic carbocycles. The van der Waals surface area contributed by atoms with Crippen molar-refractivity contribution in [2.24, 2.45) is 17.8 Å². The molecule has 0 bridgehead atoms. The smallest absolute Gasteiger partial charge is 0.307 e. The predicted molar refractivity (Wildman–Crippen MR) is 59.9 cm³/mol. The van der Waals surface area contributed by atoms with Crippen LogP contribution >= 0.6 is 0 Å². The highest BCUT2D eigenvalue weighted by molar-refractivity contribution is 5.93. The van der Waals surface area contributed by atoms with Crippen molar-refractivity contribution in [1.29, 1.82) is 0 Å². The van der Waals surface area contributed by atoms with Crippen molar-refractivity contribution in [2.75, 3.05) is 13.1 Å². The molecule has 3 atom stereocenters. The zero-order chi connectivity index (χ0) is 12.9. The second-order valence-electron chi connectivity index (χ2n) is 4.88. The van der Waals surface area contributed by atoms with Gasteiger partial charge in [0.15, 0.2) is 12.1 Å². The minimum absolute atomic E-state index is 0.128. The van der Waals surface area contributed by atoms with Crippen molar-refractivity contribution >= 4 is 11.9 Å². The maximum absolute atomic E-state index is 12.2. The number of fused-ring (bicyclic) bond motifs is 1. The summed E-state index contributed by atoms with van der Waals surface area (Å²) < 4.78 is 5.14. The van der Waals surface area contributed by atoms with Crippen molar-refractivity contribution in [3.8, 4) is 0 Å². The molecule has 1 saturated heterocycles. The number of carboxylic acids is 1. The molecule has 18 heavy (non-hydrogen) atoms. The molecule has 1 aromatic heterocycles. The van der Waals surface area contributed by atoms with Gasteiger partial charge in [-0.2, -0.15) is 0 Å². The molecule has 6 heteroatoms. The molecule has 0 aromatic carbocycles. The van der Waals surface area contributed by atoms with E-state index in [-0.39, 0.29) is 23.7 Å². The summed E-state index contributed by atoms with van der Waals surface area (Å²) in [6.45, 7) is 2.95. The maximum atomic E-state index is 12.2. The van der Waals surface area contributed by atoms with Crippen molar-refractivity contribution in [3.05, 3.63) is 17.8 Å². The Morgan fingerprint density at radius 1 is 1.50 bits per heavy atom. The molecule has 96 valence electrons. The fourth-order valence-corrected chi connectivity index (χ4v) is 2.90. The number of aryl methyl sites for hydroxylation is 1. The van der Waals surface area contributed by atoms with Gasteiger partial charge < -0.3 is 14.4 Å². The van der Waals surface area contributed by atoms with E-state index in [1.165, 1.54) is 6.39 Å². The van der Waals surface area contributed by atoms with Crippen LogP contribution in [0.25, 0.3) is 0 Å².